The summed E-state index contributed by atoms with van der Waals surface area (Å²) in [5, 5.41) is 12.4. The van der Waals surface area contributed by atoms with E-state index >= 15 is 0 Å². The summed E-state index contributed by atoms with van der Waals surface area (Å²) in [5.41, 5.74) is 1.78. The number of nitrogens with zero attached hydrogens (tertiary/aromatic N) is 2. The zero-order valence-corrected chi connectivity index (χ0v) is 14.7. The van der Waals surface area contributed by atoms with Crippen molar-refractivity contribution < 1.29 is 14.3 Å². The third-order valence-corrected chi connectivity index (χ3v) is 5.14. The molecule has 2 aromatic rings. The zero-order valence-electron chi connectivity index (χ0n) is 13.9. The lowest BCUT2D eigenvalue weighted by molar-refractivity contribution is -0.118. The molecule has 2 aromatic heterocycles. The number of amides is 1. The smallest absolute Gasteiger partial charge is 0.348 e. The van der Waals surface area contributed by atoms with E-state index in [1.54, 1.807) is 23.0 Å². The second-order valence-electron chi connectivity index (χ2n) is 5.85. The number of carbonyl (C=O) groups is 1. The summed E-state index contributed by atoms with van der Waals surface area (Å²) in [5.74, 6) is 0.781. The first kappa shape index (κ1) is 17.8. The monoisotopic (exact) mass is 363 g/mol. The molecule has 2 heterocycles. The highest BCUT2D eigenvalue weighted by molar-refractivity contribution is 7.99. The van der Waals surface area contributed by atoms with Crippen LogP contribution in [0.5, 0.6) is 0 Å². The fraction of sp³-hybridized carbons (Fsp3) is 0.471. The van der Waals surface area contributed by atoms with Crippen molar-refractivity contribution in [3.63, 3.8) is 0 Å². The minimum absolute atomic E-state index is 0.0492. The Bertz CT molecular complexity index is 786. The number of thioether (sulfide) groups is 1. The van der Waals surface area contributed by atoms with Gasteiger partial charge in [0.15, 0.2) is 0 Å². The Labute approximate surface area is 149 Å². The molecular formula is C17H21N3O4S. The molecule has 134 valence electrons. The lowest BCUT2D eigenvalue weighted by Gasteiger charge is -2.13. The number of furan rings is 1. The van der Waals surface area contributed by atoms with E-state index < -0.39 is 0 Å². The Morgan fingerprint density at radius 1 is 1.44 bits per heavy atom. The van der Waals surface area contributed by atoms with Crippen molar-refractivity contribution in [2.45, 2.75) is 43.8 Å². The van der Waals surface area contributed by atoms with E-state index in [0.29, 0.717) is 30.3 Å². The van der Waals surface area contributed by atoms with Gasteiger partial charge in [-0.15, -0.1) is 0 Å². The van der Waals surface area contributed by atoms with Crippen LogP contribution in [0, 0.1) is 0 Å². The van der Waals surface area contributed by atoms with Crippen LogP contribution in [-0.4, -0.2) is 32.9 Å². The number of hydrogen-bond donors (Lipinski definition) is 2. The SMILES string of the molecule is O=C(CSc1nc(=O)n(CCCO)c2c1CCC2)NCc1ccco1. The van der Waals surface area contributed by atoms with E-state index in [1.807, 2.05) is 0 Å². The van der Waals surface area contributed by atoms with Crippen LogP contribution in [0.2, 0.25) is 0 Å². The third-order valence-electron chi connectivity index (χ3n) is 4.12. The van der Waals surface area contributed by atoms with Crippen molar-refractivity contribution in [2.75, 3.05) is 12.4 Å². The number of nitrogens with one attached hydrogen (secondary N) is 1. The van der Waals surface area contributed by atoms with Gasteiger partial charge in [0, 0.05) is 24.4 Å². The molecule has 0 unspecified atom stereocenters. The average molecular weight is 363 g/mol. The molecule has 0 fully saturated rings. The van der Waals surface area contributed by atoms with Crippen molar-refractivity contribution >= 4 is 17.7 Å². The minimum Gasteiger partial charge on any atom is -0.467 e. The van der Waals surface area contributed by atoms with Gasteiger partial charge in [0.25, 0.3) is 0 Å². The van der Waals surface area contributed by atoms with Gasteiger partial charge in [-0.3, -0.25) is 9.36 Å². The summed E-state index contributed by atoms with van der Waals surface area (Å²) in [6, 6.07) is 3.57. The fourth-order valence-electron chi connectivity index (χ4n) is 2.95. The summed E-state index contributed by atoms with van der Waals surface area (Å²) in [6.07, 6.45) is 4.80. The van der Waals surface area contributed by atoms with Crippen molar-refractivity contribution in [3.8, 4) is 0 Å². The molecule has 25 heavy (non-hydrogen) atoms. The number of aromatic nitrogens is 2. The van der Waals surface area contributed by atoms with Crippen molar-refractivity contribution in [1.29, 1.82) is 0 Å². The van der Waals surface area contributed by atoms with E-state index in [2.05, 4.69) is 10.3 Å². The maximum absolute atomic E-state index is 12.3. The fourth-order valence-corrected chi connectivity index (χ4v) is 3.86. The van der Waals surface area contributed by atoms with Crippen molar-refractivity contribution in [2.24, 2.45) is 0 Å². The molecule has 0 spiro atoms. The van der Waals surface area contributed by atoms with Gasteiger partial charge >= 0.3 is 5.69 Å². The molecule has 1 aliphatic carbocycles. The van der Waals surface area contributed by atoms with Crippen LogP contribution in [0.15, 0.2) is 32.6 Å². The van der Waals surface area contributed by atoms with E-state index in [1.165, 1.54) is 11.8 Å². The topological polar surface area (TPSA) is 97.4 Å². The molecule has 8 heteroatoms. The molecule has 3 rings (SSSR count). The van der Waals surface area contributed by atoms with Gasteiger partial charge in [-0.05, 0) is 37.8 Å². The van der Waals surface area contributed by atoms with Crippen LogP contribution < -0.4 is 11.0 Å². The highest BCUT2D eigenvalue weighted by Gasteiger charge is 2.22. The predicted molar refractivity (Wildman–Crippen MR) is 93.5 cm³/mol. The van der Waals surface area contributed by atoms with Gasteiger partial charge in [-0.25, -0.2) is 4.79 Å². The Morgan fingerprint density at radius 2 is 2.32 bits per heavy atom. The van der Waals surface area contributed by atoms with E-state index in [9.17, 15) is 9.59 Å². The zero-order chi connectivity index (χ0) is 17.6. The van der Waals surface area contributed by atoms with Crippen LogP contribution in [-0.2, 0) is 30.7 Å². The summed E-state index contributed by atoms with van der Waals surface area (Å²) in [7, 11) is 0. The second-order valence-corrected chi connectivity index (χ2v) is 6.82. The lowest BCUT2D eigenvalue weighted by Crippen LogP contribution is -2.28. The molecule has 0 atom stereocenters. The molecular weight excluding hydrogens is 342 g/mol. The number of rotatable bonds is 8. The molecule has 0 saturated heterocycles. The van der Waals surface area contributed by atoms with Crippen LogP contribution in [0.3, 0.4) is 0 Å². The summed E-state index contributed by atoms with van der Waals surface area (Å²) in [6.45, 7) is 0.882. The molecule has 0 saturated carbocycles. The summed E-state index contributed by atoms with van der Waals surface area (Å²) < 4.78 is 6.84. The highest BCUT2D eigenvalue weighted by atomic mass is 32.2. The number of fused-ring (bicyclic) bond motifs is 1. The van der Waals surface area contributed by atoms with E-state index in [0.717, 1.165) is 30.5 Å². The average Bonchev–Trinajstić information content (AvgIpc) is 3.28. The van der Waals surface area contributed by atoms with Gasteiger partial charge in [-0.1, -0.05) is 11.8 Å². The van der Waals surface area contributed by atoms with Gasteiger partial charge in [0.1, 0.15) is 10.8 Å². The maximum atomic E-state index is 12.3. The first-order valence-electron chi connectivity index (χ1n) is 8.34. The molecule has 0 aliphatic heterocycles. The van der Waals surface area contributed by atoms with Gasteiger partial charge in [0.05, 0.1) is 18.6 Å². The van der Waals surface area contributed by atoms with Gasteiger partial charge in [0.2, 0.25) is 5.91 Å². The largest absolute Gasteiger partial charge is 0.467 e. The maximum Gasteiger partial charge on any atom is 0.348 e. The number of aliphatic hydroxyl groups excluding tert-OH is 1. The van der Waals surface area contributed by atoms with Crippen molar-refractivity contribution in [3.05, 3.63) is 45.9 Å². The Kier molecular flexibility index (Phi) is 5.93. The number of aliphatic hydroxyl groups is 1. The van der Waals surface area contributed by atoms with Crippen LogP contribution in [0.25, 0.3) is 0 Å². The third kappa shape index (κ3) is 4.32. The number of carbonyl (C=O) groups excluding carboxylic acids is 1. The minimum atomic E-state index is -0.299. The summed E-state index contributed by atoms with van der Waals surface area (Å²) >= 11 is 1.30. The molecule has 0 radical (unpaired) electrons. The van der Waals surface area contributed by atoms with Crippen LogP contribution >= 0.6 is 11.8 Å². The Morgan fingerprint density at radius 3 is 3.08 bits per heavy atom. The first-order valence-corrected chi connectivity index (χ1v) is 9.33. The van der Waals surface area contributed by atoms with Crippen molar-refractivity contribution in [1.82, 2.24) is 14.9 Å². The molecule has 0 aromatic carbocycles. The standard InChI is InChI=1S/C17H21N3O4S/c21-8-3-7-20-14-6-1-5-13(14)16(19-17(20)23)25-11-15(22)18-10-12-4-2-9-24-12/h2,4,9,21H,1,3,5-8,10-11H2,(H,18,22). The number of hydrogen-bond acceptors (Lipinski definition) is 6. The molecule has 1 amide bonds. The first-order chi connectivity index (χ1) is 12.2. The van der Waals surface area contributed by atoms with Gasteiger partial charge in [-0.2, -0.15) is 4.98 Å². The van der Waals surface area contributed by atoms with Crippen LogP contribution in [0.1, 0.15) is 29.9 Å². The molecule has 0 bridgehead atoms. The molecule has 1 aliphatic rings. The molecule has 2 N–H and O–H groups in total. The van der Waals surface area contributed by atoms with E-state index in [-0.39, 0.29) is 24.0 Å². The van der Waals surface area contributed by atoms with E-state index in [4.69, 9.17) is 9.52 Å². The quantitative estimate of drug-likeness (QED) is 0.539. The summed E-state index contributed by atoms with van der Waals surface area (Å²) in [4.78, 5) is 28.4. The van der Waals surface area contributed by atoms with Gasteiger partial charge < -0.3 is 14.8 Å². The normalized spacial score (nSPS) is 13.0. The molecule has 7 nitrogen and oxygen atoms in total. The Balaban J connectivity index is 1.64. The lowest BCUT2D eigenvalue weighted by atomic mass is 10.2. The second kappa shape index (κ2) is 8.35. The Hall–Kier alpha value is -2.06. The van der Waals surface area contributed by atoms with Crippen LogP contribution in [0.4, 0.5) is 0 Å². The highest BCUT2D eigenvalue weighted by Crippen LogP contribution is 2.29. The predicted octanol–water partition coefficient (Wildman–Crippen LogP) is 1.12.